The third-order valence-corrected chi connectivity index (χ3v) is 2.61. The Hall–Kier alpha value is -2.15. The third-order valence-electron chi connectivity index (χ3n) is 2.61. The highest BCUT2D eigenvalue weighted by atomic mass is 16.6. The molecule has 1 unspecified atom stereocenters. The normalized spacial score (nSPS) is 11.7. The first kappa shape index (κ1) is 14.9. The monoisotopic (exact) mass is 268 g/mol. The van der Waals surface area contributed by atoms with E-state index in [9.17, 15) is 20.0 Å². The van der Waals surface area contributed by atoms with Gasteiger partial charge in [0.05, 0.1) is 18.1 Å². The third kappa shape index (κ3) is 3.92. The van der Waals surface area contributed by atoms with Crippen LogP contribution in [0.25, 0.3) is 0 Å². The number of nitro benzene ring substituents is 1. The summed E-state index contributed by atoms with van der Waals surface area (Å²) in [5.74, 6) is -0.381. The number of methoxy groups -OCH3 is 1. The lowest BCUT2D eigenvalue weighted by Gasteiger charge is -2.10. The quantitative estimate of drug-likeness (QED) is 0.594. The van der Waals surface area contributed by atoms with Crippen molar-refractivity contribution in [3.05, 3.63) is 33.9 Å². The van der Waals surface area contributed by atoms with E-state index in [4.69, 9.17) is 4.74 Å². The first-order chi connectivity index (χ1) is 8.99. The minimum Gasteiger partial charge on any atom is -0.490 e. The molecule has 7 nitrogen and oxygen atoms in total. The van der Waals surface area contributed by atoms with Gasteiger partial charge in [0.1, 0.15) is 0 Å². The van der Waals surface area contributed by atoms with Gasteiger partial charge in [0.25, 0.3) is 5.91 Å². The molecule has 1 aromatic rings. The smallest absolute Gasteiger partial charge is 0.311 e. The zero-order valence-corrected chi connectivity index (χ0v) is 10.8. The molecule has 1 amide bonds. The molecule has 2 N–H and O–H groups in total. The van der Waals surface area contributed by atoms with Gasteiger partial charge >= 0.3 is 5.69 Å². The number of nitro groups is 1. The lowest BCUT2D eigenvalue weighted by molar-refractivity contribution is -0.385. The molecule has 19 heavy (non-hydrogen) atoms. The van der Waals surface area contributed by atoms with Gasteiger partial charge in [-0.15, -0.1) is 0 Å². The van der Waals surface area contributed by atoms with Gasteiger partial charge in [0.2, 0.25) is 0 Å². The fourth-order valence-corrected chi connectivity index (χ4v) is 1.43. The summed E-state index contributed by atoms with van der Waals surface area (Å²) in [7, 11) is 1.32. The van der Waals surface area contributed by atoms with Crippen LogP contribution in [0, 0.1) is 10.1 Å². The molecule has 104 valence electrons. The Morgan fingerprint density at radius 2 is 2.26 bits per heavy atom. The zero-order chi connectivity index (χ0) is 14.4. The number of ether oxygens (including phenoxy) is 1. The second-order valence-corrected chi connectivity index (χ2v) is 3.92. The van der Waals surface area contributed by atoms with Crippen molar-refractivity contribution in [2.45, 2.75) is 19.4 Å². The van der Waals surface area contributed by atoms with E-state index >= 15 is 0 Å². The Morgan fingerprint density at radius 3 is 2.79 bits per heavy atom. The average Bonchev–Trinajstić information content (AvgIpc) is 2.43. The molecule has 0 aliphatic heterocycles. The second-order valence-electron chi connectivity index (χ2n) is 3.92. The van der Waals surface area contributed by atoms with Gasteiger partial charge in [-0.2, -0.15) is 0 Å². The van der Waals surface area contributed by atoms with Crippen molar-refractivity contribution >= 4 is 11.6 Å². The number of hydrogen-bond donors (Lipinski definition) is 2. The van der Waals surface area contributed by atoms with Crippen LogP contribution in [0.3, 0.4) is 0 Å². The van der Waals surface area contributed by atoms with Gasteiger partial charge in [-0.1, -0.05) is 6.92 Å². The number of hydrogen-bond acceptors (Lipinski definition) is 5. The van der Waals surface area contributed by atoms with Crippen LogP contribution in [0.2, 0.25) is 0 Å². The molecule has 0 heterocycles. The molecule has 0 fully saturated rings. The van der Waals surface area contributed by atoms with E-state index in [1.807, 2.05) is 0 Å². The standard InChI is InChI=1S/C12H16N2O5/c1-3-9(15)7-13-12(16)8-4-5-11(19-2)10(6-8)14(17)18/h4-6,9,15H,3,7H2,1-2H3,(H,13,16). The van der Waals surface area contributed by atoms with Crippen LogP contribution < -0.4 is 10.1 Å². The Bertz CT molecular complexity index is 475. The van der Waals surface area contributed by atoms with Gasteiger partial charge < -0.3 is 15.2 Å². The van der Waals surface area contributed by atoms with Crippen molar-refractivity contribution in [2.24, 2.45) is 0 Å². The van der Waals surface area contributed by atoms with Crippen molar-refractivity contribution in [1.82, 2.24) is 5.32 Å². The van der Waals surface area contributed by atoms with E-state index in [1.165, 1.54) is 19.2 Å². The number of carbonyl (C=O) groups is 1. The Labute approximate surface area is 110 Å². The van der Waals surface area contributed by atoms with Crippen molar-refractivity contribution in [3.8, 4) is 5.75 Å². The molecule has 1 atom stereocenters. The summed E-state index contributed by atoms with van der Waals surface area (Å²) < 4.78 is 4.84. The van der Waals surface area contributed by atoms with E-state index in [0.717, 1.165) is 6.07 Å². The molecule has 1 rings (SSSR count). The van der Waals surface area contributed by atoms with E-state index in [2.05, 4.69) is 5.32 Å². The minimum atomic E-state index is -0.628. The van der Waals surface area contributed by atoms with E-state index in [-0.39, 0.29) is 23.5 Å². The van der Waals surface area contributed by atoms with Gasteiger partial charge in [-0.3, -0.25) is 14.9 Å². The summed E-state index contributed by atoms with van der Waals surface area (Å²) in [6, 6.07) is 3.94. The molecular weight excluding hydrogens is 252 g/mol. The summed E-state index contributed by atoms with van der Waals surface area (Å²) in [5, 5.41) is 22.7. The highest BCUT2D eigenvalue weighted by molar-refractivity contribution is 5.95. The maximum atomic E-state index is 11.8. The predicted octanol–water partition coefficient (Wildman–Crippen LogP) is 1.10. The lowest BCUT2D eigenvalue weighted by Crippen LogP contribution is -2.31. The molecule has 0 bridgehead atoms. The fraction of sp³-hybridized carbons (Fsp3) is 0.417. The number of carbonyl (C=O) groups excluding carboxylic acids is 1. The number of aliphatic hydroxyl groups excluding tert-OH is 1. The van der Waals surface area contributed by atoms with Crippen molar-refractivity contribution in [2.75, 3.05) is 13.7 Å². The van der Waals surface area contributed by atoms with Crippen molar-refractivity contribution in [1.29, 1.82) is 0 Å². The number of benzene rings is 1. The summed E-state index contributed by atoms with van der Waals surface area (Å²) >= 11 is 0. The molecule has 0 saturated heterocycles. The van der Waals surface area contributed by atoms with Crippen molar-refractivity contribution < 1.29 is 19.6 Å². The topological polar surface area (TPSA) is 102 Å². The Morgan fingerprint density at radius 1 is 1.58 bits per heavy atom. The van der Waals surface area contributed by atoms with Gasteiger partial charge in [0.15, 0.2) is 5.75 Å². The molecule has 1 aromatic carbocycles. The first-order valence-corrected chi connectivity index (χ1v) is 5.78. The number of rotatable bonds is 6. The van der Waals surface area contributed by atoms with Crippen LogP contribution in [0.1, 0.15) is 23.7 Å². The highest BCUT2D eigenvalue weighted by Gasteiger charge is 2.18. The molecule has 0 aliphatic rings. The molecule has 0 saturated carbocycles. The highest BCUT2D eigenvalue weighted by Crippen LogP contribution is 2.27. The van der Waals surface area contributed by atoms with Gasteiger partial charge in [-0.25, -0.2) is 0 Å². The van der Waals surface area contributed by atoms with Crippen LogP contribution in [0.5, 0.6) is 5.75 Å². The molecule has 0 radical (unpaired) electrons. The predicted molar refractivity (Wildman–Crippen MR) is 68.3 cm³/mol. The van der Waals surface area contributed by atoms with Crippen LogP contribution in [0.15, 0.2) is 18.2 Å². The molecule has 0 aliphatic carbocycles. The van der Waals surface area contributed by atoms with Crippen LogP contribution in [-0.4, -0.2) is 35.7 Å². The van der Waals surface area contributed by atoms with Gasteiger partial charge in [0, 0.05) is 18.2 Å². The van der Waals surface area contributed by atoms with Crippen LogP contribution >= 0.6 is 0 Å². The first-order valence-electron chi connectivity index (χ1n) is 5.78. The summed E-state index contributed by atoms with van der Waals surface area (Å²) in [6.07, 6.45) is -0.111. The molecule has 0 aromatic heterocycles. The maximum Gasteiger partial charge on any atom is 0.311 e. The zero-order valence-electron chi connectivity index (χ0n) is 10.8. The summed E-state index contributed by atoms with van der Waals surface area (Å²) in [5.41, 5.74) is -0.123. The maximum absolute atomic E-state index is 11.8. The fourth-order valence-electron chi connectivity index (χ4n) is 1.43. The number of nitrogens with one attached hydrogen (secondary N) is 1. The SMILES string of the molecule is CCC(O)CNC(=O)c1ccc(OC)c([N+](=O)[O-])c1. The Kier molecular flexibility index (Phi) is 5.25. The molecule has 7 heteroatoms. The van der Waals surface area contributed by atoms with E-state index in [0.29, 0.717) is 6.42 Å². The Balaban J connectivity index is 2.86. The largest absolute Gasteiger partial charge is 0.490 e. The average molecular weight is 268 g/mol. The second kappa shape index (κ2) is 6.69. The molecule has 0 spiro atoms. The van der Waals surface area contributed by atoms with Crippen LogP contribution in [-0.2, 0) is 0 Å². The van der Waals surface area contributed by atoms with E-state index in [1.54, 1.807) is 6.92 Å². The summed E-state index contributed by atoms with van der Waals surface area (Å²) in [4.78, 5) is 22.0. The lowest BCUT2D eigenvalue weighted by atomic mass is 10.1. The van der Waals surface area contributed by atoms with E-state index < -0.39 is 16.9 Å². The minimum absolute atomic E-state index is 0.0927. The number of amides is 1. The van der Waals surface area contributed by atoms with Gasteiger partial charge in [-0.05, 0) is 18.6 Å². The number of nitrogens with zero attached hydrogens (tertiary/aromatic N) is 1. The van der Waals surface area contributed by atoms with Crippen molar-refractivity contribution in [3.63, 3.8) is 0 Å². The number of aliphatic hydroxyl groups is 1. The summed E-state index contributed by atoms with van der Waals surface area (Å²) in [6.45, 7) is 1.89. The van der Waals surface area contributed by atoms with Crippen LogP contribution in [0.4, 0.5) is 5.69 Å². The molecular formula is C12H16N2O5.